The van der Waals surface area contributed by atoms with Crippen molar-refractivity contribution in [3.8, 4) is 6.07 Å². The van der Waals surface area contributed by atoms with Gasteiger partial charge >= 0.3 is 6.18 Å². The molecule has 0 aliphatic rings. The average molecular weight is 265 g/mol. The highest BCUT2D eigenvalue weighted by Crippen LogP contribution is 2.29. The number of alkyl halides is 4. The number of nitriles is 1. The second-order valence-electron chi connectivity index (χ2n) is 2.46. The molecule has 6 heteroatoms. The molecular formula is C8H4BrF3N2. The van der Waals surface area contributed by atoms with Gasteiger partial charge in [-0.25, -0.2) is 0 Å². The largest absolute Gasteiger partial charge is 0.417 e. The summed E-state index contributed by atoms with van der Waals surface area (Å²) in [5.41, 5.74) is -0.657. The molecule has 0 unspecified atom stereocenters. The van der Waals surface area contributed by atoms with E-state index in [0.29, 0.717) is 5.69 Å². The molecule has 0 saturated carbocycles. The van der Waals surface area contributed by atoms with E-state index in [0.717, 1.165) is 12.3 Å². The van der Waals surface area contributed by atoms with Crippen LogP contribution in [0.5, 0.6) is 0 Å². The van der Waals surface area contributed by atoms with E-state index in [1.807, 2.05) is 0 Å². The van der Waals surface area contributed by atoms with Crippen molar-refractivity contribution in [2.45, 2.75) is 11.5 Å². The SMILES string of the molecule is N#Cc1cc(C(F)(F)F)cnc1CBr. The van der Waals surface area contributed by atoms with Crippen LogP contribution in [-0.2, 0) is 11.5 Å². The second kappa shape index (κ2) is 3.96. The lowest BCUT2D eigenvalue weighted by Gasteiger charge is -2.07. The fourth-order valence-electron chi connectivity index (χ4n) is 0.851. The van der Waals surface area contributed by atoms with E-state index in [2.05, 4.69) is 20.9 Å². The van der Waals surface area contributed by atoms with Gasteiger partial charge in [0, 0.05) is 11.5 Å². The lowest BCUT2D eigenvalue weighted by atomic mass is 10.1. The zero-order chi connectivity index (χ0) is 10.8. The summed E-state index contributed by atoms with van der Waals surface area (Å²) >= 11 is 3.03. The summed E-state index contributed by atoms with van der Waals surface area (Å²) in [6, 6.07) is 2.46. The van der Waals surface area contributed by atoms with E-state index in [-0.39, 0.29) is 10.9 Å². The van der Waals surface area contributed by atoms with Gasteiger partial charge in [-0.2, -0.15) is 18.4 Å². The van der Waals surface area contributed by atoms with Crippen LogP contribution in [-0.4, -0.2) is 4.98 Å². The first kappa shape index (κ1) is 11.0. The van der Waals surface area contributed by atoms with Crippen LogP contribution in [0.2, 0.25) is 0 Å². The monoisotopic (exact) mass is 264 g/mol. The van der Waals surface area contributed by atoms with Gasteiger partial charge in [-0.15, -0.1) is 0 Å². The van der Waals surface area contributed by atoms with Crippen molar-refractivity contribution < 1.29 is 13.2 Å². The first-order valence-electron chi connectivity index (χ1n) is 3.51. The molecule has 0 bridgehead atoms. The Labute approximate surface area is 86.5 Å². The molecule has 0 spiro atoms. The standard InChI is InChI=1S/C8H4BrF3N2/c9-2-7-5(3-13)1-6(4-14-7)8(10,11)12/h1,4H,2H2. The summed E-state index contributed by atoms with van der Waals surface area (Å²) in [6.45, 7) is 0. The molecule has 0 atom stereocenters. The minimum atomic E-state index is -4.45. The smallest absolute Gasteiger partial charge is 0.258 e. The van der Waals surface area contributed by atoms with E-state index >= 15 is 0 Å². The fourth-order valence-corrected chi connectivity index (χ4v) is 1.30. The van der Waals surface area contributed by atoms with Crippen LogP contribution in [0.15, 0.2) is 12.3 Å². The van der Waals surface area contributed by atoms with Crippen LogP contribution >= 0.6 is 15.9 Å². The Morgan fingerprint density at radius 1 is 1.50 bits per heavy atom. The maximum absolute atomic E-state index is 12.2. The van der Waals surface area contributed by atoms with Gasteiger partial charge in [-0.1, -0.05) is 15.9 Å². The summed E-state index contributed by atoms with van der Waals surface area (Å²) < 4.78 is 36.5. The third-order valence-corrected chi connectivity index (χ3v) is 2.08. The minimum absolute atomic E-state index is 0.0586. The number of nitrogens with zero attached hydrogens (tertiary/aromatic N) is 2. The Kier molecular flexibility index (Phi) is 3.11. The zero-order valence-electron chi connectivity index (χ0n) is 6.77. The molecule has 1 heterocycles. The van der Waals surface area contributed by atoms with Crippen molar-refractivity contribution in [2.75, 3.05) is 0 Å². The van der Waals surface area contributed by atoms with Crippen LogP contribution in [0, 0.1) is 11.3 Å². The van der Waals surface area contributed by atoms with E-state index in [9.17, 15) is 13.2 Å². The molecule has 0 aromatic carbocycles. The first-order chi connectivity index (χ1) is 6.49. The highest BCUT2D eigenvalue weighted by molar-refractivity contribution is 9.08. The Balaban J connectivity index is 3.23. The fraction of sp³-hybridized carbons (Fsp3) is 0.250. The van der Waals surface area contributed by atoms with Gasteiger partial charge in [0.2, 0.25) is 0 Å². The maximum atomic E-state index is 12.2. The quantitative estimate of drug-likeness (QED) is 0.732. The Bertz CT molecular complexity index is 381. The number of halogens is 4. The van der Waals surface area contributed by atoms with Gasteiger partial charge < -0.3 is 0 Å². The summed E-state index contributed by atoms with van der Waals surface area (Å²) in [5, 5.41) is 8.82. The lowest BCUT2D eigenvalue weighted by molar-refractivity contribution is -0.137. The van der Waals surface area contributed by atoms with Crippen molar-refractivity contribution in [1.29, 1.82) is 5.26 Å². The van der Waals surface area contributed by atoms with E-state index < -0.39 is 11.7 Å². The summed E-state index contributed by atoms with van der Waals surface area (Å²) in [4.78, 5) is 3.55. The molecule has 0 N–H and O–H groups in total. The van der Waals surface area contributed by atoms with Gasteiger partial charge in [-0.05, 0) is 6.07 Å². The normalized spacial score (nSPS) is 11.1. The molecule has 14 heavy (non-hydrogen) atoms. The van der Waals surface area contributed by atoms with Gasteiger partial charge in [0.15, 0.2) is 0 Å². The van der Waals surface area contributed by atoms with Crippen LogP contribution in [0.1, 0.15) is 16.8 Å². The molecule has 1 aromatic heterocycles. The number of hydrogen-bond donors (Lipinski definition) is 0. The van der Waals surface area contributed by atoms with Crippen molar-refractivity contribution in [3.63, 3.8) is 0 Å². The van der Waals surface area contributed by atoms with Crippen molar-refractivity contribution in [1.82, 2.24) is 4.98 Å². The number of hydrogen-bond acceptors (Lipinski definition) is 2. The molecule has 0 saturated heterocycles. The van der Waals surface area contributed by atoms with Gasteiger partial charge in [-0.3, -0.25) is 4.98 Å². The molecule has 0 aliphatic carbocycles. The van der Waals surface area contributed by atoms with Gasteiger partial charge in [0.1, 0.15) is 6.07 Å². The van der Waals surface area contributed by atoms with Crippen LogP contribution in [0.3, 0.4) is 0 Å². The number of aromatic nitrogens is 1. The maximum Gasteiger partial charge on any atom is 0.417 e. The van der Waals surface area contributed by atoms with Crippen LogP contribution in [0.4, 0.5) is 13.2 Å². The Morgan fingerprint density at radius 2 is 2.14 bits per heavy atom. The molecule has 1 aromatic rings. The molecule has 0 fully saturated rings. The molecule has 0 radical (unpaired) electrons. The second-order valence-corrected chi connectivity index (χ2v) is 3.02. The van der Waals surface area contributed by atoms with Crippen molar-refractivity contribution in [2.24, 2.45) is 0 Å². The molecule has 1 rings (SSSR count). The zero-order valence-corrected chi connectivity index (χ0v) is 8.35. The molecule has 2 nitrogen and oxygen atoms in total. The molecule has 0 amide bonds. The highest BCUT2D eigenvalue weighted by atomic mass is 79.9. The summed E-state index contributed by atoms with van der Waals surface area (Å²) in [5.74, 6) is 0. The minimum Gasteiger partial charge on any atom is -0.258 e. The predicted molar refractivity (Wildman–Crippen MR) is 46.6 cm³/mol. The average Bonchev–Trinajstić information content (AvgIpc) is 2.15. The topological polar surface area (TPSA) is 36.7 Å². The number of rotatable bonds is 1. The van der Waals surface area contributed by atoms with E-state index in [1.165, 1.54) is 0 Å². The van der Waals surface area contributed by atoms with Crippen molar-refractivity contribution in [3.05, 3.63) is 29.1 Å². The van der Waals surface area contributed by atoms with Crippen LogP contribution in [0.25, 0.3) is 0 Å². The van der Waals surface area contributed by atoms with Gasteiger partial charge in [0.25, 0.3) is 0 Å². The highest BCUT2D eigenvalue weighted by Gasteiger charge is 2.31. The molecule has 74 valence electrons. The molecular weight excluding hydrogens is 261 g/mol. The third kappa shape index (κ3) is 2.23. The van der Waals surface area contributed by atoms with Crippen molar-refractivity contribution >= 4 is 15.9 Å². The summed E-state index contributed by atoms with van der Waals surface area (Å²) in [6.07, 6.45) is -3.74. The lowest BCUT2D eigenvalue weighted by Crippen LogP contribution is -2.07. The number of pyridine rings is 1. The Hall–Kier alpha value is -1.09. The van der Waals surface area contributed by atoms with Gasteiger partial charge in [0.05, 0.1) is 16.8 Å². The predicted octanol–water partition coefficient (Wildman–Crippen LogP) is 2.87. The Morgan fingerprint density at radius 3 is 2.57 bits per heavy atom. The van der Waals surface area contributed by atoms with Crippen LogP contribution < -0.4 is 0 Å². The first-order valence-corrected chi connectivity index (χ1v) is 4.63. The third-order valence-electron chi connectivity index (χ3n) is 1.54. The molecule has 0 aliphatic heterocycles. The summed E-state index contributed by atoms with van der Waals surface area (Å²) in [7, 11) is 0. The van der Waals surface area contributed by atoms with E-state index in [1.54, 1.807) is 6.07 Å². The van der Waals surface area contributed by atoms with E-state index in [4.69, 9.17) is 5.26 Å².